The number of hydrogen-bond acceptors (Lipinski definition) is 3. The van der Waals surface area contributed by atoms with E-state index in [-0.39, 0.29) is 0 Å². The third-order valence-corrected chi connectivity index (χ3v) is 4.45. The first-order valence-corrected chi connectivity index (χ1v) is 7.27. The molecule has 2 aromatic rings. The van der Waals surface area contributed by atoms with Crippen LogP contribution in [0.15, 0.2) is 11.6 Å². The van der Waals surface area contributed by atoms with Crippen molar-refractivity contribution in [1.29, 1.82) is 0 Å². The van der Waals surface area contributed by atoms with Crippen LogP contribution in [0.3, 0.4) is 0 Å². The van der Waals surface area contributed by atoms with Gasteiger partial charge in [-0.1, -0.05) is 13.8 Å². The van der Waals surface area contributed by atoms with Gasteiger partial charge in [-0.15, -0.1) is 22.9 Å². The third-order valence-electron chi connectivity index (χ3n) is 3.44. The van der Waals surface area contributed by atoms with Gasteiger partial charge >= 0.3 is 0 Å². The number of anilines is 1. The fourth-order valence-corrected chi connectivity index (χ4v) is 3.47. The van der Waals surface area contributed by atoms with E-state index in [0.29, 0.717) is 11.3 Å². The van der Waals surface area contributed by atoms with Crippen molar-refractivity contribution in [2.45, 2.75) is 26.1 Å². The van der Waals surface area contributed by atoms with Crippen LogP contribution in [0, 0.1) is 5.41 Å². The van der Waals surface area contributed by atoms with Gasteiger partial charge in [0, 0.05) is 24.7 Å². The third kappa shape index (κ3) is 1.83. The van der Waals surface area contributed by atoms with Crippen molar-refractivity contribution in [2.24, 2.45) is 5.41 Å². The molecule has 0 saturated carbocycles. The fraction of sp³-hybridized carbons (Fsp3) is 0.583. The minimum absolute atomic E-state index is 0.390. The minimum atomic E-state index is 0.390. The second-order valence-corrected chi connectivity index (χ2v) is 6.55. The van der Waals surface area contributed by atoms with Crippen LogP contribution in [0.2, 0.25) is 0 Å². The first kappa shape index (κ1) is 11.4. The second kappa shape index (κ2) is 3.89. The van der Waals surface area contributed by atoms with Crippen LogP contribution < -0.4 is 4.90 Å². The van der Waals surface area contributed by atoms with Crippen LogP contribution in [0.1, 0.15) is 26.0 Å². The van der Waals surface area contributed by atoms with Crippen molar-refractivity contribution in [3.63, 3.8) is 0 Å². The molecule has 3 nitrogen and oxygen atoms in total. The molecule has 0 aliphatic carbocycles. The number of thiazole rings is 1. The summed E-state index contributed by atoms with van der Waals surface area (Å²) in [7, 11) is 0. The molecule has 1 aliphatic rings. The molecule has 0 aromatic carbocycles. The zero-order valence-electron chi connectivity index (χ0n) is 10.1. The van der Waals surface area contributed by atoms with Crippen molar-refractivity contribution in [3.05, 3.63) is 17.3 Å². The molecule has 1 saturated heterocycles. The van der Waals surface area contributed by atoms with E-state index in [4.69, 9.17) is 16.6 Å². The molecular weight excluding hydrogens is 254 g/mol. The Morgan fingerprint density at radius 1 is 1.53 bits per heavy atom. The summed E-state index contributed by atoms with van der Waals surface area (Å²) in [6.07, 6.45) is 3.27. The van der Waals surface area contributed by atoms with Crippen LogP contribution in [-0.4, -0.2) is 22.5 Å². The molecule has 3 heterocycles. The van der Waals surface area contributed by atoms with Gasteiger partial charge < -0.3 is 4.90 Å². The number of imidazole rings is 1. The highest BCUT2D eigenvalue weighted by Crippen LogP contribution is 2.35. The van der Waals surface area contributed by atoms with E-state index in [9.17, 15) is 0 Å². The number of rotatable bonds is 2. The molecule has 0 amide bonds. The zero-order valence-corrected chi connectivity index (χ0v) is 11.7. The highest BCUT2D eigenvalue weighted by molar-refractivity contribution is 7.15. The first-order valence-electron chi connectivity index (χ1n) is 5.86. The molecule has 2 aromatic heterocycles. The Bertz CT molecular complexity index is 543. The summed E-state index contributed by atoms with van der Waals surface area (Å²) >= 11 is 7.74. The number of nitrogens with zero attached hydrogens (tertiary/aromatic N) is 3. The van der Waals surface area contributed by atoms with Crippen molar-refractivity contribution in [1.82, 2.24) is 9.38 Å². The maximum atomic E-state index is 6.08. The first-order chi connectivity index (χ1) is 8.11. The molecule has 0 bridgehead atoms. The molecule has 1 fully saturated rings. The largest absolute Gasteiger partial charge is 0.354 e. The van der Waals surface area contributed by atoms with Gasteiger partial charge in [-0.25, -0.2) is 4.98 Å². The zero-order chi connectivity index (χ0) is 12.0. The van der Waals surface area contributed by atoms with Gasteiger partial charge in [0.05, 0.1) is 11.6 Å². The molecule has 17 heavy (non-hydrogen) atoms. The van der Waals surface area contributed by atoms with Crippen molar-refractivity contribution in [2.75, 3.05) is 18.0 Å². The lowest BCUT2D eigenvalue weighted by atomic mass is 9.93. The SMILES string of the molecule is CC1(C)CCN(c2nc3sccn3c2CCl)C1. The quantitative estimate of drug-likeness (QED) is 0.779. The van der Waals surface area contributed by atoms with Crippen LogP contribution in [0.5, 0.6) is 0 Å². The Kier molecular flexibility index (Phi) is 2.60. The van der Waals surface area contributed by atoms with Crippen LogP contribution in [0.25, 0.3) is 4.96 Å². The standard InChI is InChI=1S/C12H16ClN3S/c1-12(2)3-4-15(8-12)10-9(7-13)16-5-6-17-11(16)14-10/h5-6H,3-4,7-8H2,1-2H3. The Morgan fingerprint density at radius 3 is 3.00 bits per heavy atom. The monoisotopic (exact) mass is 269 g/mol. The summed E-state index contributed by atoms with van der Waals surface area (Å²) in [5.41, 5.74) is 1.52. The van der Waals surface area contributed by atoms with E-state index in [1.165, 1.54) is 6.42 Å². The summed E-state index contributed by atoms with van der Waals surface area (Å²) in [4.78, 5) is 8.13. The Hall–Kier alpha value is -0.740. The number of alkyl halides is 1. The highest BCUT2D eigenvalue weighted by Gasteiger charge is 2.32. The van der Waals surface area contributed by atoms with E-state index >= 15 is 0 Å². The fourth-order valence-electron chi connectivity index (χ4n) is 2.49. The predicted molar refractivity (Wildman–Crippen MR) is 73.2 cm³/mol. The Morgan fingerprint density at radius 2 is 2.35 bits per heavy atom. The highest BCUT2D eigenvalue weighted by atomic mass is 35.5. The lowest BCUT2D eigenvalue weighted by Crippen LogP contribution is -2.24. The molecule has 1 aliphatic heterocycles. The van der Waals surface area contributed by atoms with Gasteiger partial charge in [0.2, 0.25) is 0 Å². The molecule has 3 rings (SSSR count). The van der Waals surface area contributed by atoms with Crippen molar-refractivity contribution >= 4 is 33.7 Å². The summed E-state index contributed by atoms with van der Waals surface area (Å²) in [6.45, 7) is 6.78. The smallest absolute Gasteiger partial charge is 0.195 e. The number of fused-ring (bicyclic) bond motifs is 1. The molecule has 0 unspecified atom stereocenters. The predicted octanol–water partition coefficient (Wildman–Crippen LogP) is 3.37. The molecule has 0 spiro atoms. The summed E-state index contributed by atoms with van der Waals surface area (Å²) in [5, 5.41) is 2.05. The molecule has 0 radical (unpaired) electrons. The van der Waals surface area contributed by atoms with Gasteiger partial charge in [0.15, 0.2) is 10.8 Å². The summed E-state index contributed by atoms with van der Waals surface area (Å²) in [5.74, 6) is 1.60. The van der Waals surface area contributed by atoms with Crippen molar-refractivity contribution in [3.8, 4) is 0 Å². The van der Waals surface area contributed by atoms with Gasteiger partial charge in [-0.3, -0.25) is 4.40 Å². The van der Waals surface area contributed by atoms with Crippen LogP contribution >= 0.6 is 22.9 Å². The van der Waals surface area contributed by atoms with Gasteiger partial charge in [-0.05, 0) is 11.8 Å². The van der Waals surface area contributed by atoms with Gasteiger partial charge in [0.25, 0.3) is 0 Å². The molecule has 5 heteroatoms. The van der Waals surface area contributed by atoms with Crippen LogP contribution in [0.4, 0.5) is 5.82 Å². The van der Waals surface area contributed by atoms with Crippen LogP contribution in [-0.2, 0) is 5.88 Å². The lowest BCUT2D eigenvalue weighted by Gasteiger charge is -2.20. The summed E-state index contributed by atoms with van der Waals surface area (Å²) < 4.78 is 2.11. The Balaban J connectivity index is 2.02. The van der Waals surface area contributed by atoms with E-state index in [2.05, 4.69) is 34.7 Å². The van der Waals surface area contributed by atoms with Crippen molar-refractivity contribution < 1.29 is 0 Å². The average molecular weight is 270 g/mol. The van der Waals surface area contributed by atoms with E-state index in [1.807, 2.05) is 0 Å². The Labute approximate surface area is 110 Å². The molecule has 92 valence electrons. The molecular formula is C12H16ClN3S. The van der Waals surface area contributed by atoms with Gasteiger partial charge in [-0.2, -0.15) is 0 Å². The molecule has 0 atom stereocenters. The number of aromatic nitrogens is 2. The normalized spacial score (nSPS) is 19.4. The summed E-state index contributed by atoms with van der Waals surface area (Å²) in [6, 6.07) is 0. The van der Waals surface area contributed by atoms with Gasteiger partial charge in [0.1, 0.15) is 0 Å². The number of halogens is 1. The second-order valence-electron chi connectivity index (χ2n) is 5.41. The number of hydrogen-bond donors (Lipinski definition) is 0. The minimum Gasteiger partial charge on any atom is -0.354 e. The maximum Gasteiger partial charge on any atom is 0.195 e. The maximum absolute atomic E-state index is 6.08. The van der Waals surface area contributed by atoms with E-state index < -0.39 is 0 Å². The van der Waals surface area contributed by atoms with E-state index in [1.54, 1.807) is 11.3 Å². The topological polar surface area (TPSA) is 20.5 Å². The molecule has 0 N–H and O–H groups in total. The van der Waals surface area contributed by atoms with E-state index in [0.717, 1.165) is 29.6 Å². The average Bonchev–Trinajstić information content (AvgIpc) is 2.89. The lowest BCUT2D eigenvalue weighted by molar-refractivity contribution is 0.418.